The van der Waals surface area contributed by atoms with Gasteiger partial charge >= 0.3 is 0 Å². The molecule has 3 rings (SSSR count). The summed E-state index contributed by atoms with van der Waals surface area (Å²) in [4.78, 5) is 24.1. The van der Waals surface area contributed by atoms with Crippen molar-refractivity contribution in [2.24, 2.45) is 7.05 Å². The topological polar surface area (TPSA) is 76.0 Å². The van der Waals surface area contributed by atoms with Crippen LogP contribution in [0, 0.1) is 5.82 Å². The number of halogens is 2. The molecule has 2 amide bonds. The van der Waals surface area contributed by atoms with Crippen LogP contribution in [-0.2, 0) is 23.1 Å². The van der Waals surface area contributed by atoms with Gasteiger partial charge in [-0.05, 0) is 18.6 Å². The van der Waals surface area contributed by atoms with Crippen molar-refractivity contribution in [1.82, 2.24) is 20.4 Å². The molecule has 0 spiro atoms. The molecule has 25 heavy (non-hydrogen) atoms. The Kier molecular flexibility index (Phi) is 5.03. The summed E-state index contributed by atoms with van der Waals surface area (Å²) in [7, 11) is 1.78. The molecule has 2 atom stereocenters. The Morgan fingerprint density at radius 3 is 3.00 bits per heavy atom. The summed E-state index contributed by atoms with van der Waals surface area (Å²) in [6, 6.07) is 3.66. The minimum Gasteiger partial charge on any atom is -0.351 e. The molecule has 0 bridgehead atoms. The van der Waals surface area contributed by atoms with Gasteiger partial charge in [0.15, 0.2) is 0 Å². The van der Waals surface area contributed by atoms with Gasteiger partial charge in [-0.15, -0.1) is 0 Å². The van der Waals surface area contributed by atoms with Crippen molar-refractivity contribution in [1.29, 1.82) is 0 Å². The van der Waals surface area contributed by atoms with Crippen LogP contribution < -0.4 is 10.6 Å². The van der Waals surface area contributed by atoms with Gasteiger partial charge in [-0.3, -0.25) is 14.3 Å². The predicted octanol–water partition coefficient (Wildman–Crippen LogP) is 1.89. The number of piperidine rings is 1. The number of nitrogens with zero attached hydrogens (tertiary/aromatic N) is 2. The van der Waals surface area contributed by atoms with Crippen LogP contribution in [0.15, 0.2) is 30.6 Å². The molecule has 0 unspecified atom stereocenters. The van der Waals surface area contributed by atoms with E-state index in [2.05, 4.69) is 15.7 Å². The number of carbonyl (C=O) groups is 2. The van der Waals surface area contributed by atoms with Crippen molar-refractivity contribution >= 4 is 23.4 Å². The minimum absolute atomic E-state index is 0.0727. The van der Waals surface area contributed by atoms with Gasteiger partial charge < -0.3 is 10.6 Å². The smallest absolute Gasteiger partial charge is 0.224 e. The van der Waals surface area contributed by atoms with E-state index < -0.39 is 5.82 Å². The highest BCUT2D eigenvalue weighted by atomic mass is 35.5. The lowest BCUT2D eigenvalue weighted by molar-refractivity contribution is -0.126. The van der Waals surface area contributed by atoms with Gasteiger partial charge in [0, 0.05) is 35.8 Å². The van der Waals surface area contributed by atoms with Gasteiger partial charge in [-0.25, -0.2) is 4.39 Å². The van der Waals surface area contributed by atoms with Crippen LogP contribution in [0.25, 0.3) is 0 Å². The molecule has 8 heteroatoms. The molecule has 1 aliphatic heterocycles. The standard InChI is InChI=1S/C17H18ClFN4O2/c1-23-9-10(8-20-23)17-14(5-6-15(24)22-17)21-16(25)7-11-12(18)3-2-4-13(11)19/h2-4,8-9,14,17H,5-7H2,1H3,(H,21,25)(H,22,24)/t14-,17-/m0/s1. The van der Waals surface area contributed by atoms with Crippen molar-refractivity contribution in [3.05, 3.63) is 52.6 Å². The number of hydrogen-bond acceptors (Lipinski definition) is 3. The Labute approximate surface area is 149 Å². The number of aryl methyl sites for hydroxylation is 1. The van der Waals surface area contributed by atoms with E-state index in [-0.39, 0.29) is 40.9 Å². The summed E-state index contributed by atoms with van der Waals surface area (Å²) in [5, 5.41) is 10.1. The lowest BCUT2D eigenvalue weighted by Gasteiger charge is -2.32. The maximum Gasteiger partial charge on any atom is 0.224 e. The predicted molar refractivity (Wildman–Crippen MR) is 90.4 cm³/mol. The number of amides is 2. The molecule has 6 nitrogen and oxygen atoms in total. The van der Waals surface area contributed by atoms with Crippen LogP contribution in [0.2, 0.25) is 5.02 Å². The molecule has 2 N–H and O–H groups in total. The van der Waals surface area contributed by atoms with E-state index >= 15 is 0 Å². The van der Waals surface area contributed by atoms with Crippen molar-refractivity contribution < 1.29 is 14.0 Å². The molecule has 2 aromatic rings. The molecular formula is C17H18ClFN4O2. The maximum absolute atomic E-state index is 13.9. The van der Waals surface area contributed by atoms with Gasteiger partial charge in [0.05, 0.1) is 24.7 Å². The Morgan fingerprint density at radius 1 is 1.52 bits per heavy atom. The van der Waals surface area contributed by atoms with Crippen LogP contribution in [0.5, 0.6) is 0 Å². The van der Waals surface area contributed by atoms with Gasteiger partial charge in [0.25, 0.3) is 0 Å². The quantitative estimate of drug-likeness (QED) is 0.869. The zero-order valence-electron chi connectivity index (χ0n) is 13.6. The lowest BCUT2D eigenvalue weighted by atomic mass is 9.93. The normalized spacial score (nSPS) is 20.2. The Balaban J connectivity index is 1.73. The molecule has 0 aliphatic carbocycles. The fourth-order valence-corrected chi connectivity index (χ4v) is 3.22. The lowest BCUT2D eigenvalue weighted by Crippen LogP contribution is -2.50. The summed E-state index contributed by atoms with van der Waals surface area (Å²) in [6.45, 7) is 0. The molecule has 1 aliphatic rings. The zero-order valence-corrected chi connectivity index (χ0v) is 14.4. The second-order valence-electron chi connectivity index (χ2n) is 6.08. The molecule has 0 saturated carbocycles. The first kappa shape index (κ1) is 17.4. The Bertz CT molecular complexity index is 787. The summed E-state index contributed by atoms with van der Waals surface area (Å²) in [6.07, 6.45) is 4.12. The number of nitrogens with one attached hydrogen (secondary N) is 2. The van der Waals surface area contributed by atoms with E-state index in [0.29, 0.717) is 12.8 Å². The summed E-state index contributed by atoms with van der Waals surface area (Å²) in [5.41, 5.74) is 0.976. The summed E-state index contributed by atoms with van der Waals surface area (Å²) < 4.78 is 15.5. The highest BCUT2D eigenvalue weighted by Gasteiger charge is 2.32. The first-order valence-corrected chi connectivity index (χ1v) is 8.32. The van der Waals surface area contributed by atoms with E-state index in [1.54, 1.807) is 30.2 Å². The molecule has 1 saturated heterocycles. The third-order valence-electron chi connectivity index (χ3n) is 4.23. The van der Waals surface area contributed by atoms with Crippen molar-refractivity contribution in [2.45, 2.75) is 31.3 Å². The fraction of sp³-hybridized carbons (Fsp3) is 0.353. The number of rotatable bonds is 4. The Morgan fingerprint density at radius 2 is 2.32 bits per heavy atom. The number of hydrogen-bond donors (Lipinski definition) is 2. The minimum atomic E-state index is -0.511. The molecule has 0 radical (unpaired) electrons. The highest BCUT2D eigenvalue weighted by molar-refractivity contribution is 6.31. The highest BCUT2D eigenvalue weighted by Crippen LogP contribution is 2.24. The molecule has 1 fully saturated rings. The van der Waals surface area contributed by atoms with Crippen LogP contribution >= 0.6 is 11.6 Å². The number of carbonyl (C=O) groups excluding carboxylic acids is 2. The largest absolute Gasteiger partial charge is 0.351 e. The molecule has 2 heterocycles. The summed E-state index contributed by atoms with van der Waals surface area (Å²) >= 11 is 5.97. The van der Waals surface area contributed by atoms with Crippen LogP contribution in [0.4, 0.5) is 4.39 Å². The first-order valence-electron chi connectivity index (χ1n) is 7.94. The van der Waals surface area contributed by atoms with Crippen LogP contribution in [-0.4, -0.2) is 27.6 Å². The van der Waals surface area contributed by atoms with Gasteiger partial charge in [0.1, 0.15) is 5.82 Å². The second-order valence-corrected chi connectivity index (χ2v) is 6.49. The summed E-state index contributed by atoms with van der Waals surface area (Å²) in [5.74, 6) is -0.929. The average molecular weight is 365 g/mol. The molecule has 1 aromatic heterocycles. The van der Waals surface area contributed by atoms with Crippen LogP contribution in [0.1, 0.15) is 30.0 Å². The maximum atomic E-state index is 13.9. The van der Waals surface area contributed by atoms with Crippen molar-refractivity contribution in [3.8, 4) is 0 Å². The van der Waals surface area contributed by atoms with Gasteiger partial charge in [-0.2, -0.15) is 5.10 Å². The number of aromatic nitrogens is 2. The second kappa shape index (κ2) is 7.23. The Hall–Kier alpha value is -2.41. The van der Waals surface area contributed by atoms with E-state index in [4.69, 9.17) is 11.6 Å². The monoisotopic (exact) mass is 364 g/mol. The van der Waals surface area contributed by atoms with Crippen molar-refractivity contribution in [2.75, 3.05) is 0 Å². The zero-order chi connectivity index (χ0) is 18.0. The number of benzene rings is 1. The van der Waals surface area contributed by atoms with Gasteiger partial charge in [0.2, 0.25) is 11.8 Å². The van der Waals surface area contributed by atoms with E-state index in [1.807, 2.05) is 0 Å². The van der Waals surface area contributed by atoms with E-state index in [1.165, 1.54) is 12.1 Å². The molecule has 1 aromatic carbocycles. The fourth-order valence-electron chi connectivity index (χ4n) is 2.99. The SMILES string of the molecule is Cn1cc([C@@H]2NC(=O)CC[C@@H]2NC(=O)Cc2c(F)cccc2Cl)cn1. The third-order valence-corrected chi connectivity index (χ3v) is 4.58. The van der Waals surface area contributed by atoms with Crippen molar-refractivity contribution in [3.63, 3.8) is 0 Å². The first-order chi connectivity index (χ1) is 11.9. The molecule has 132 valence electrons. The van der Waals surface area contributed by atoms with Crippen LogP contribution in [0.3, 0.4) is 0 Å². The van der Waals surface area contributed by atoms with E-state index in [9.17, 15) is 14.0 Å². The third kappa shape index (κ3) is 3.99. The molecular weight excluding hydrogens is 347 g/mol. The van der Waals surface area contributed by atoms with Gasteiger partial charge in [-0.1, -0.05) is 17.7 Å². The van der Waals surface area contributed by atoms with E-state index in [0.717, 1.165) is 5.56 Å². The average Bonchev–Trinajstić information content (AvgIpc) is 2.99.